The van der Waals surface area contributed by atoms with Crippen LogP contribution >= 0.6 is 11.6 Å². The Balaban J connectivity index is 2.81. The minimum atomic E-state index is 0.0503. The Hall–Kier alpha value is -1.17. The van der Waals surface area contributed by atoms with E-state index in [4.69, 9.17) is 21.8 Å². The highest BCUT2D eigenvalue weighted by Gasteiger charge is 1.96. The van der Waals surface area contributed by atoms with Crippen molar-refractivity contribution in [3.8, 4) is 17.6 Å². The SMILES string of the molecule is OCCC#Cc1ccc(O)c(Cl)c1. The van der Waals surface area contributed by atoms with Crippen molar-refractivity contribution in [3.05, 3.63) is 28.8 Å². The number of aromatic hydroxyl groups is 1. The minimum absolute atomic E-state index is 0.0503. The Morgan fingerprint density at radius 1 is 1.38 bits per heavy atom. The molecule has 2 nitrogen and oxygen atoms in total. The molecule has 2 N–H and O–H groups in total. The molecule has 0 bridgehead atoms. The van der Waals surface area contributed by atoms with Crippen molar-refractivity contribution < 1.29 is 10.2 Å². The topological polar surface area (TPSA) is 40.5 Å². The highest BCUT2D eigenvalue weighted by atomic mass is 35.5. The molecule has 0 aliphatic heterocycles. The van der Waals surface area contributed by atoms with E-state index in [1.165, 1.54) is 6.07 Å². The Bertz CT molecular complexity index is 350. The number of aliphatic hydroxyl groups is 1. The highest BCUT2D eigenvalue weighted by Crippen LogP contribution is 2.22. The number of aliphatic hydroxyl groups excluding tert-OH is 1. The van der Waals surface area contributed by atoms with E-state index < -0.39 is 0 Å². The van der Waals surface area contributed by atoms with Crippen LogP contribution in [0.25, 0.3) is 0 Å². The van der Waals surface area contributed by atoms with E-state index in [1.807, 2.05) is 0 Å². The summed E-state index contributed by atoms with van der Waals surface area (Å²) < 4.78 is 0. The van der Waals surface area contributed by atoms with Crippen molar-refractivity contribution in [2.24, 2.45) is 0 Å². The Kier molecular flexibility index (Phi) is 3.63. The number of benzene rings is 1. The first-order valence-electron chi connectivity index (χ1n) is 3.82. The van der Waals surface area contributed by atoms with Crippen LogP contribution in [0.4, 0.5) is 0 Å². The Morgan fingerprint density at radius 3 is 2.77 bits per heavy atom. The molecule has 0 unspecified atom stereocenters. The number of hydrogen-bond acceptors (Lipinski definition) is 2. The van der Waals surface area contributed by atoms with E-state index in [1.54, 1.807) is 12.1 Å². The van der Waals surface area contributed by atoms with Crippen molar-refractivity contribution in [1.29, 1.82) is 0 Å². The zero-order valence-electron chi connectivity index (χ0n) is 6.92. The van der Waals surface area contributed by atoms with Crippen molar-refractivity contribution in [1.82, 2.24) is 0 Å². The summed E-state index contributed by atoms with van der Waals surface area (Å²) in [5, 5.41) is 17.9. The lowest BCUT2D eigenvalue weighted by Crippen LogP contribution is -1.78. The summed E-state index contributed by atoms with van der Waals surface area (Å²) in [6.07, 6.45) is 0.443. The Morgan fingerprint density at radius 2 is 2.15 bits per heavy atom. The van der Waals surface area contributed by atoms with Crippen LogP contribution in [0.3, 0.4) is 0 Å². The molecule has 13 heavy (non-hydrogen) atoms. The molecule has 0 fully saturated rings. The van der Waals surface area contributed by atoms with Crippen molar-refractivity contribution >= 4 is 11.6 Å². The first kappa shape index (κ1) is 9.91. The molecule has 1 aromatic rings. The van der Waals surface area contributed by atoms with Gasteiger partial charge < -0.3 is 10.2 Å². The number of phenols is 1. The molecule has 0 radical (unpaired) electrons. The van der Waals surface area contributed by atoms with Gasteiger partial charge in [0.05, 0.1) is 11.6 Å². The normalized spacial score (nSPS) is 9.08. The predicted octanol–water partition coefficient (Wildman–Crippen LogP) is 1.78. The molecule has 0 saturated heterocycles. The third-order valence-electron chi connectivity index (χ3n) is 1.42. The molecule has 1 rings (SSSR count). The largest absolute Gasteiger partial charge is 0.506 e. The first-order chi connectivity index (χ1) is 6.24. The van der Waals surface area contributed by atoms with Gasteiger partial charge in [-0.15, -0.1) is 0 Å². The molecular weight excluding hydrogens is 188 g/mol. The maximum atomic E-state index is 9.10. The number of rotatable bonds is 1. The monoisotopic (exact) mass is 196 g/mol. The fraction of sp³-hybridized carbons (Fsp3) is 0.200. The standard InChI is InChI=1S/C10H9ClO2/c11-9-7-8(3-1-2-6-12)4-5-10(9)13/h4-5,7,12-13H,2,6H2. The molecule has 0 spiro atoms. The van der Waals surface area contributed by atoms with Crippen LogP contribution in [-0.4, -0.2) is 16.8 Å². The van der Waals surface area contributed by atoms with Gasteiger partial charge in [-0.25, -0.2) is 0 Å². The van der Waals surface area contributed by atoms with E-state index in [9.17, 15) is 0 Å². The van der Waals surface area contributed by atoms with E-state index in [0.29, 0.717) is 6.42 Å². The van der Waals surface area contributed by atoms with Crippen LogP contribution in [0.15, 0.2) is 18.2 Å². The molecule has 3 heteroatoms. The van der Waals surface area contributed by atoms with E-state index in [0.717, 1.165) is 5.56 Å². The van der Waals surface area contributed by atoms with Gasteiger partial charge in [0.25, 0.3) is 0 Å². The van der Waals surface area contributed by atoms with E-state index >= 15 is 0 Å². The summed E-state index contributed by atoms with van der Waals surface area (Å²) in [5.74, 6) is 5.62. The number of hydrogen-bond donors (Lipinski definition) is 2. The summed E-state index contributed by atoms with van der Waals surface area (Å²) in [6.45, 7) is 0.0544. The fourth-order valence-electron chi connectivity index (χ4n) is 0.805. The third kappa shape index (κ3) is 2.98. The second-order valence-corrected chi connectivity index (χ2v) is 2.85. The zero-order valence-corrected chi connectivity index (χ0v) is 7.67. The van der Waals surface area contributed by atoms with Gasteiger partial charge in [0.1, 0.15) is 5.75 Å². The predicted molar refractivity (Wildman–Crippen MR) is 51.7 cm³/mol. The van der Waals surface area contributed by atoms with Gasteiger partial charge in [-0.2, -0.15) is 0 Å². The summed E-state index contributed by atoms with van der Waals surface area (Å²) in [5.41, 5.74) is 0.733. The quantitative estimate of drug-likeness (QED) is 0.673. The molecule has 68 valence electrons. The fourth-order valence-corrected chi connectivity index (χ4v) is 0.986. The van der Waals surface area contributed by atoms with Gasteiger partial charge in [0.2, 0.25) is 0 Å². The molecule has 0 heterocycles. The minimum Gasteiger partial charge on any atom is -0.506 e. The average Bonchev–Trinajstić information content (AvgIpc) is 2.12. The van der Waals surface area contributed by atoms with Crippen LogP contribution in [0, 0.1) is 11.8 Å². The maximum absolute atomic E-state index is 9.10. The van der Waals surface area contributed by atoms with Gasteiger partial charge in [-0.05, 0) is 18.2 Å². The summed E-state index contributed by atoms with van der Waals surface area (Å²) in [6, 6.07) is 4.75. The van der Waals surface area contributed by atoms with Gasteiger partial charge in [0, 0.05) is 12.0 Å². The van der Waals surface area contributed by atoms with Crippen LogP contribution < -0.4 is 0 Å². The molecule has 0 saturated carbocycles. The van der Waals surface area contributed by atoms with Crippen molar-refractivity contribution in [3.63, 3.8) is 0 Å². The van der Waals surface area contributed by atoms with Crippen LogP contribution in [-0.2, 0) is 0 Å². The molecule has 0 amide bonds. The van der Waals surface area contributed by atoms with E-state index in [-0.39, 0.29) is 17.4 Å². The lowest BCUT2D eigenvalue weighted by atomic mass is 10.2. The smallest absolute Gasteiger partial charge is 0.134 e. The third-order valence-corrected chi connectivity index (χ3v) is 1.72. The molecule has 0 aliphatic rings. The molecule has 0 aliphatic carbocycles. The summed E-state index contributed by atoms with van der Waals surface area (Å²) in [4.78, 5) is 0. The highest BCUT2D eigenvalue weighted by molar-refractivity contribution is 6.32. The van der Waals surface area contributed by atoms with E-state index in [2.05, 4.69) is 11.8 Å². The average molecular weight is 197 g/mol. The number of halogens is 1. The molecule has 0 aromatic heterocycles. The maximum Gasteiger partial charge on any atom is 0.134 e. The van der Waals surface area contributed by atoms with Gasteiger partial charge in [-0.3, -0.25) is 0 Å². The second kappa shape index (κ2) is 4.76. The summed E-state index contributed by atoms with van der Waals surface area (Å²) >= 11 is 5.66. The van der Waals surface area contributed by atoms with Crippen LogP contribution in [0.1, 0.15) is 12.0 Å². The lowest BCUT2D eigenvalue weighted by molar-refractivity contribution is 0.305. The zero-order chi connectivity index (χ0) is 9.68. The second-order valence-electron chi connectivity index (χ2n) is 2.44. The molecular formula is C10H9ClO2. The first-order valence-corrected chi connectivity index (χ1v) is 4.20. The number of phenolic OH excluding ortho intramolecular Hbond substituents is 1. The summed E-state index contributed by atoms with van der Waals surface area (Å²) in [7, 11) is 0. The van der Waals surface area contributed by atoms with Crippen LogP contribution in [0.5, 0.6) is 5.75 Å². The molecule has 1 aromatic carbocycles. The van der Waals surface area contributed by atoms with Gasteiger partial charge in [0.15, 0.2) is 0 Å². The molecule has 0 atom stereocenters. The van der Waals surface area contributed by atoms with Crippen LogP contribution in [0.2, 0.25) is 5.02 Å². The van der Waals surface area contributed by atoms with Crippen molar-refractivity contribution in [2.75, 3.05) is 6.61 Å². The van der Waals surface area contributed by atoms with Crippen molar-refractivity contribution in [2.45, 2.75) is 6.42 Å². The van der Waals surface area contributed by atoms with Gasteiger partial charge in [-0.1, -0.05) is 23.4 Å². The Labute approximate surface area is 81.8 Å². The lowest BCUT2D eigenvalue weighted by Gasteiger charge is -1.95. The van der Waals surface area contributed by atoms with Gasteiger partial charge >= 0.3 is 0 Å².